The SMILES string of the molecule is O=C1c2ccccc2C2(c3ccccc31)c1ccccc1-c1cc3c4cc(-c5cc(-c6ccccc6)cc(-c6ccccc6)c5)ccc4n(-c4ccccc4)c3cc12. The first-order valence-electron chi connectivity index (χ1n) is 20.0. The standard InChI is InChI=1S/C56H35NO/c58-55-44-23-11-14-26-50(44)56(51-27-15-12-24-45(51)55)49-25-13-10-22-43(49)46-34-48-47-33-38(28-29-53(47)57(54(48)35-52(46)56)42-20-8-3-9-21-42)41-31-39(36-16-4-1-5-17-36)30-40(32-41)37-18-6-2-7-19-37/h1-35H. The van der Waals surface area contributed by atoms with Crippen LogP contribution in [-0.4, -0.2) is 10.4 Å². The fourth-order valence-electron chi connectivity index (χ4n) is 10.1. The van der Waals surface area contributed by atoms with Crippen molar-refractivity contribution in [1.29, 1.82) is 0 Å². The van der Waals surface area contributed by atoms with Gasteiger partial charge in [-0.15, -0.1) is 0 Å². The van der Waals surface area contributed by atoms with Crippen LogP contribution in [0.5, 0.6) is 0 Å². The molecule has 2 aliphatic rings. The second kappa shape index (κ2) is 12.5. The summed E-state index contributed by atoms with van der Waals surface area (Å²) in [6.45, 7) is 0. The van der Waals surface area contributed by atoms with E-state index in [2.05, 4.69) is 193 Å². The second-order valence-corrected chi connectivity index (χ2v) is 15.6. The number of nitrogens with zero attached hydrogens (tertiary/aromatic N) is 1. The molecule has 12 rings (SSSR count). The summed E-state index contributed by atoms with van der Waals surface area (Å²) in [5.41, 5.74) is 18.3. The van der Waals surface area contributed by atoms with Crippen LogP contribution in [0.3, 0.4) is 0 Å². The van der Waals surface area contributed by atoms with Gasteiger partial charge in [0, 0.05) is 27.6 Å². The van der Waals surface area contributed by atoms with E-state index < -0.39 is 5.41 Å². The van der Waals surface area contributed by atoms with Crippen LogP contribution < -0.4 is 0 Å². The summed E-state index contributed by atoms with van der Waals surface area (Å²) in [5.74, 6) is 0.0847. The Labute approximate surface area is 336 Å². The summed E-state index contributed by atoms with van der Waals surface area (Å²) >= 11 is 0. The molecular formula is C56H35NO. The van der Waals surface area contributed by atoms with E-state index in [0.29, 0.717) is 0 Å². The van der Waals surface area contributed by atoms with Gasteiger partial charge in [-0.1, -0.05) is 158 Å². The number of hydrogen-bond acceptors (Lipinski definition) is 1. The van der Waals surface area contributed by atoms with E-state index >= 15 is 0 Å². The van der Waals surface area contributed by atoms with E-state index in [4.69, 9.17) is 0 Å². The fourth-order valence-corrected chi connectivity index (χ4v) is 10.1. The van der Waals surface area contributed by atoms with E-state index in [1.807, 2.05) is 24.3 Å². The topological polar surface area (TPSA) is 22.0 Å². The monoisotopic (exact) mass is 737 g/mol. The fraction of sp³-hybridized carbons (Fsp3) is 0.0179. The van der Waals surface area contributed by atoms with Crippen LogP contribution in [0.1, 0.15) is 38.2 Å². The van der Waals surface area contributed by atoms with Crippen LogP contribution in [0.2, 0.25) is 0 Å². The van der Waals surface area contributed by atoms with Crippen LogP contribution in [0, 0.1) is 0 Å². The summed E-state index contributed by atoms with van der Waals surface area (Å²) in [6, 6.07) is 76.2. The van der Waals surface area contributed by atoms with Gasteiger partial charge in [0.1, 0.15) is 0 Å². The number of rotatable bonds is 4. The molecule has 0 aliphatic heterocycles. The Balaban J connectivity index is 1.17. The molecule has 0 radical (unpaired) electrons. The molecule has 0 N–H and O–H groups in total. The van der Waals surface area contributed by atoms with Crippen molar-refractivity contribution >= 4 is 27.6 Å². The predicted molar refractivity (Wildman–Crippen MR) is 238 cm³/mol. The minimum absolute atomic E-state index is 0.0847. The number of ketones is 1. The molecule has 1 aromatic heterocycles. The Kier molecular flexibility index (Phi) is 7.03. The van der Waals surface area contributed by atoms with Gasteiger partial charge in [-0.2, -0.15) is 0 Å². The van der Waals surface area contributed by atoms with Crippen molar-refractivity contribution in [3.63, 3.8) is 0 Å². The van der Waals surface area contributed by atoms with Crippen molar-refractivity contribution in [2.45, 2.75) is 5.41 Å². The molecule has 9 aromatic carbocycles. The lowest BCUT2D eigenvalue weighted by molar-refractivity contribution is 0.103. The van der Waals surface area contributed by atoms with Crippen molar-refractivity contribution < 1.29 is 4.79 Å². The third-order valence-corrected chi connectivity index (χ3v) is 12.6. The third-order valence-electron chi connectivity index (χ3n) is 12.6. The summed E-state index contributed by atoms with van der Waals surface area (Å²) in [4.78, 5) is 14.2. The zero-order chi connectivity index (χ0) is 38.4. The molecule has 0 saturated heterocycles. The third kappa shape index (κ3) is 4.57. The quantitative estimate of drug-likeness (QED) is 0.176. The van der Waals surface area contributed by atoms with E-state index in [9.17, 15) is 4.79 Å². The molecule has 0 bridgehead atoms. The Bertz CT molecular complexity index is 3180. The molecule has 58 heavy (non-hydrogen) atoms. The largest absolute Gasteiger partial charge is 0.309 e. The molecular weight excluding hydrogens is 703 g/mol. The van der Waals surface area contributed by atoms with Crippen molar-refractivity contribution in [1.82, 2.24) is 4.57 Å². The molecule has 1 heterocycles. The Morgan fingerprint density at radius 3 is 1.36 bits per heavy atom. The highest BCUT2D eigenvalue weighted by atomic mass is 16.1. The van der Waals surface area contributed by atoms with E-state index in [0.717, 1.165) is 39.0 Å². The molecule has 1 spiro atoms. The second-order valence-electron chi connectivity index (χ2n) is 15.6. The number of hydrogen-bond donors (Lipinski definition) is 0. The van der Waals surface area contributed by atoms with Gasteiger partial charge >= 0.3 is 0 Å². The smallest absolute Gasteiger partial charge is 0.193 e. The van der Waals surface area contributed by atoms with Crippen molar-refractivity contribution in [3.05, 3.63) is 246 Å². The van der Waals surface area contributed by atoms with Gasteiger partial charge in [-0.3, -0.25) is 4.79 Å². The maximum atomic E-state index is 14.2. The maximum Gasteiger partial charge on any atom is 0.193 e. The minimum Gasteiger partial charge on any atom is -0.309 e. The van der Waals surface area contributed by atoms with Crippen molar-refractivity contribution in [3.8, 4) is 50.2 Å². The molecule has 0 saturated carbocycles. The summed E-state index contributed by atoms with van der Waals surface area (Å²) in [7, 11) is 0. The van der Waals surface area contributed by atoms with Crippen molar-refractivity contribution in [2.75, 3.05) is 0 Å². The first kappa shape index (κ1) is 32.7. The lowest BCUT2D eigenvalue weighted by Crippen LogP contribution is -2.36. The number of benzene rings is 9. The number of carbonyl (C=O) groups excluding carboxylic acids is 1. The van der Waals surface area contributed by atoms with Crippen LogP contribution in [0.25, 0.3) is 72.0 Å². The highest BCUT2D eigenvalue weighted by molar-refractivity contribution is 6.17. The van der Waals surface area contributed by atoms with Crippen LogP contribution in [-0.2, 0) is 5.41 Å². The molecule has 2 heteroatoms. The van der Waals surface area contributed by atoms with Gasteiger partial charge in [0.2, 0.25) is 0 Å². The zero-order valence-corrected chi connectivity index (χ0v) is 31.6. The van der Waals surface area contributed by atoms with E-state index in [-0.39, 0.29) is 5.78 Å². The van der Waals surface area contributed by atoms with Gasteiger partial charge < -0.3 is 4.57 Å². The minimum atomic E-state index is -0.657. The van der Waals surface area contributed by atoms with Crippen molar-refractivity contribution in [2.24, 2.45) is 0 Å². The van der Waals surface area contributed by atoms with Gasteiger partial charge in [0.15, 0.2) is 5.78 Å². The number of fused-ring (bicyclic) bond motifs is 12. The average Bonchev–Trinajstić information content (AvgIpc) is 3.77. The van der Waals surface area contributed by atoms with Crippen LogP contribution >= 0.6 is 0 Å². The number of para-hydroxylation sites is 1. The van der Waals surface area contributed by atoms with Gasteiger partial charge in [-0.25, -0.2) is 0 Å². The van der Waals surface area contributed by atoms with Gasteiger partial charge in [0.05, 0.1) is 16.4 Å². The molecule has 2 aliphatic carbocycles. The van der Waals surface area contributed by atoms with Crippen LogP contribution in [0.4, 0.5) is 0 Å². The Hall–Kier alpha value is -7.55. The Morgan fingerprint density at radius 1 is 0.310 bits per heavy atom. The molecule has 2 nitrogen and oxygen atoms in total. The summed E-state index contributed by atoms with van der Waals surface area (Å²) in [5, 5.41) is 2.39. The average molecular weight is 738 g/mol. The van der Waals surface area contributed by atoms with Crippen LogP contribution in [0.15, 0.2) is 212 Å². The van der Waals surface area contributed by atoms with E-state index in [1.54, 1.807) is 0 Å². The number of aromatic nitrogens is 1. The molecule has 0 unspecified atom stereocenters. The first-order chi connectivity index (χ1) is 28.7. The molecule has 0 amide bonds. The molecule has 0 atom stereocenters. The zero-order valence-electron chi connectivity index (χ0n) is 31.6. The normalized spacial score (nSPS) is 13.3. The number of carbonyl (C=O) groups is 1. The van der Waals surface area contributed by atoms with E-state index in [1.165, 1.54) is 66.4 Å². The molecule has 0 fully saturated rings. The predicted octanol–water partition coefficient (Wildman–Crippen LogP) is 13.7. The molecule has 270 valence electrons. The Morgan fingerprint density at radius 2 is 0.776 bits per heavy atom. The van der Waals surface area contributed by atoms with Gasteiger partial charge in [-0.05, 0) is 121 Å². The molecule has 10 aromatic rings. The maximum absolute atomic E-state index is 14.2. The first-order valence-corrected chi connectivity index (χ1v) is 20.0. The lowest BCUT2D eigenvalue weighted by atomic mass is 9.61. The van der Waals surface area contributed by atoms with Gasteiger partial charge in [0.25, 0.3) is 0 Å². The summed E-state index contributed by atoms with van der Waals surface area (Å²) < 4.78 is 2.42. The highest BCUT2D eigenvalue weighted by Gasteiger charge is 2.51. The lowest BCUT2D eigenvalue weighted by Gasteiger charge is -2.39. The highest BCUT2D eigenvalue weighted by Crippen LogP contribution is 2.60. The summed E-state index contributed by atoms with van der Waals surface area (Å²) in [6.07, 6.45) is 0.